The molecule has 1 saturated heterocycles. The molecule has 0 bridgehead atoms. The van der Waals surface area contributed by atoms with E-state index in [1.54, 1.807) is 29.2 Å². The number of aromatic nitrogens is 4. The average molecular weight is 553 g/mol. The summed E-state index contributed by atoms with van der Waals surface area (Å²) in [5, 5.41) is 15.4. The first-order valence-corrected chi connectivity index (χ1v) is 13.9. The molecule has 1 amide bonds. The molecular weight excluding hydrogens is 524 g/mol. The van der Waals surface area contributed by atoms with Gasteiger partial charge in [0.15, 0.2) is 5.78 Å². The van der Waals surface area contributed by atoms with E-state index < -0.39 is 6.04 Å². The number of nitrogens with one attached hydrogen (secondary N) is 1. The standard InChI is InChI=1S/C31H29ClN6O2/c32-25-12-13-28(38-20-34-35-36-38)24(19-25)11-14-30(40)37-17-15-22-4-1-2-5-26(22)31(37)29(39)18-21-7-9-23(10-8-21)27-6-3-16-33-27/h1-2,4-5,7-14,19-20,27,31,33H,3,6,15-18H2/b14-11+/t27?,31-/m0/s1. The van der Waals surface area contributed by atoms with Crippen molar-refractivity contribution in [3.63, 3.8) is 0 Å². The molecule has 0 aliphatic carbocycles. The minimum atomic E-state index is -0.656. The average Bonchev–Trinajstić information content (AvgIpc) is 3.71. The number of tetrazole rings is 1. The van der Waals surface area contributed by atoms with E-state index in [2.05, 4.69) is 33.0 Å². The Morgan fingerprint density at radius 3 is 2.70 bits per heavy atom. The van der Waals surface area contributed by atoms with Crippen molar-refractivity contribution in [3.05, 3.63) is 112 Å². The second kappa shape index (κ2) is 11.5. The normalized spacial score (nSPS) is 18.7. The summed E-state index contributed by atoms with van der Waals surface area (Å²) in [4.78, 5) is 29.1. The van der Waals surface area contributed by atoms with Crippen molar-refractivity contribution in [1.82, 2.24) is 30.4 Å². The zero-order valence-corrected chi connectivity index (χ0v) is 22.7. The van der Waals surface area contributed by atoms with E-state index in [1.807, 2.05) is 36.4 Å². The topological polar surface area (TPSA) is 93.0 Å². The van der Waals surface area contributed by atoms with E-state index in [1.165, 1.54) is 29.1 Å². The zero-order valence-electron chi connectivity index (χ0n) is 21.9. The van der Waals surface area contributed by atoms with Gasteiger partial charge in [0.25, 0.3) is 0 Å². The molecule has 1 N–H and O–H groups in total. The summed E-state index contributed by atoms with van der Waals surface area (Å²) >= 11 is 6.25. The van der Waals surface area contributed by atoms with Gasteiger partial charge < -0.3 is 10.2 Å². The highest BCUT2D eigenvalue weighted by Gasteiger charge is 2.34. The van der Waals surface area contributed by atoms with Gasteiger partial charge in [0.2, 0.25) is 5.91 Å². The van der Waals surface area contributed by atoms with Gasteiger partial charge in [0, 0.05) is 35.7 Å². The van der Waals surface area contributed by atoms with E-state index in [4.69, 9.17) is 11.6 Å². The SMILES string of the molecule is O=C(Cc1ccc(C2CCCN2)cc1)[C@@H]1c2ccccc2CCN1C(=O)/C=C/c1cc(Cl)ccc1-n1cnnn1. The molecule has 3 heterocycles. The van der Waals surface area contributed by atoms with Gasteiger partial charge in [0.1, 0.15) is 12.4 Å². The summed E-state index contributed by atoms with van der Waals surface area (Å²) in [7, 11) is 0. The fourth-order valence-electron chi connectivity index (χ4n) is 5.68. The summed E-state index contributed by atoms with van der Waals surface area (Å²) in [6.07, 6.45) is 7.93. The minimum absolute atomic E-state index is 0.00206. The third-order valence-electron chi connectivity index (χ3n) is 7.68. The number of fused-ring (bicyclic) bond motifs is 1. The predicted molar refractivity (Wildman–Crippen MR) is 153 cm³/mol. The highest BCUT2D eigenvalue weighted by atomic mass is 35.5. The molecule has 202 valence electrons. The second-order valence-electron chi connectivity index (χ2n) is 10.2. The van der Waals surface area contributed by atoms with Crippen molar-refractivity contribution in [1.29, 1.82) is 0 Å². The van der Waals surface area contributed by atoms with Crippen LogP contribution in [0.2, 0.25) is 5.02 Å². The van der Waals surface area contributed by atoms with Gasteiger partial charge in [-0.15, -0.1) is 5.10 Å². The van der Waals surface area contributed by atoms with E-state index >= 15 is 0 Å². The van der Waals surface area contributed by atoms with Gasteiger partial charge in [-0.1, -0.05) is 60.1 Å². The van der Waals surface area contributed by atoms with Gasteiger partial charge in [0.05, 0.1) is 5.69 Å². The number of rotatable bonds is 7. The Bertz CT molecular complexity index is 1540. The Kier molecular flexibility index (Phi) is 7.53. The lowest BCUT2D eigenvalue weighted by molar-refractivity contribution is -0.136. The smallest absolute Gasteiger partial charge is 0.247 e. The molecule has 0 radical (unpaired) electrons. The minimum Gasteiger partial charge on any atom is -0.325 e. The zero-order chi connectivity index (χ0) is 27.5. The van der Waals surface area contributed by atoms with Crippen LogP contribution in [0.5, 0.6) is 0 Å². The summed E-state index contributed by atoms with van der Waals surface area (Å²) in [6.45, 7) is 1.50. The number of amides is 1. The van der Waals surface area contributed by atoms with Crippen LogP contribution in [0.15, 0.2) is 79.1 Å². The molecule has 2 aliphatic heterocycles. The molecule has 2 atom stereocenters. The molecule has 0 spiro atoms. The van der Waals surface area contributed by atoms with Crippen LogP contribution in [-0.4, -0.2) is 49.9 Å². The molecule has 0 saturated carbocycles. The van der Waals surface area contributed by atoms with Crippen LogP contribution in [0.4, 0.5) is 0 Å². The van der Waals surface area contributed by atoms with Crippen LogP contribution in [0, 0.1) is 0 Å². The lowest BCUT2D eigenvalue weighted by Crippen LogP contribution is -2.43. The quantitative estimate of drug-likeness (QED) is 0.334. The summed E-state index contributed by atoms with van der Waals surface area (Å²) in [6, 6.07) is 21.2. The number of Topliss-reactive ketones (excluding diaryl/α,β-unsaturated/α-hetero) is 1. The van der Waals surface area contributed by atoms with Crippen LogP contribution in [-0.2, 0) is 22.4 Å². The van der Waals surface area contributed by atoms with Crippen molar-refractivity contribution in [3.8, 4) is 5.69 Å². The maximum Gasteiger partial charge on any atom is 0.247 e. The number of hydrogen-bond acceptors (Lipinski definition) is 6. The first-order chi connectivity index (χ1) is 19.6. The fraction of sp³-hybridized carbons (Fsp3) is 0.258. The van der Waals surface area contributed by atoms with Gasteiger partial charge in [-0.25, -0.2) is 0 Å². The number of hydrogen-bond donors (Lipinski definition) is 1. The Hall–Kier alpha value is -4.14. The third-order valence-corrected chi connectivity index (χ3v) is 7.92. The van der Waals surface area contributed by atoms with Crippen LogP contribution in [0.25, 0.3) is 11.8 Å². The molecule has 40 heavy (non-hydrogen) atoms. The van der Waals surface area contributed by atoms with Crippen LogP contribution in [0.3, 0.4) is 0 Å². The monoisotopic (exact) mass is 552 g/mol. The number of nitrogens with zero attached hydrogens (tertiary/aromatic N) is 5. The predicted octanol–water partition coefficient (Wildman–Crippen LogP) is 4.69. The van der Waals surface area contributed by atoms with Gasteiger partial charge in [-0.05, 0) is 82.8 Å². The molecular formula is C31H29ClN6O2. The highest BCUT2D eigenvalue weighted by Crippen LogP contribution is 2.32. The Labute approximate surface area is 237 Å². The number of benzene rings is 3. The van der Waals surface area contributed by atoms with Crippen LogP contribution in [0.1, 0.15) is 52.7 Å². The largest absolute Gasteiger partial charge is 0.325 e. The molecule has 4 aromatic rings. The lowest BCUT2D eigenvalue weighted by atomic mass is 9.87. The molecule has 3 aromatic carbocycles. The maximum absolute atomic E-state index is 13.8. The molecule has 1 aromatic heterocycles. The Morgan fingerprint density at radius 1 is 1.07 bits per heavy atom. The van der Waals surface area contributed by atoms with Crippen molar-refractivity contribution in [2.45, 2.75) is 37.8 Å². The van der Waals surface area contributed by atoms with Crippen molar-refractivity contribution < 1.29 is 9.59 Å². The summed E-state index contributed by atoms with van der Waals surface area (Å²) in [5.74, 6) is -0.240. The number of carbonyl (C=O) groups is 2. The fourth-order valence-corrected chi connectivity index (χ4v) is 5.86. The van der Waals surface area contributed by atoms with E-state index in [-0.39, 0.29) is 18.1 Å². The van der Waals surface area contributed by atoms with Crippen molar-refractivity contribution in [2.24, 2.45) is 0 Å². The first-order valence-electron chi connectivity index (χ1n) is 13.5. The number of carbonyl (C=O) groups excluding carboxylic acids is 2. The molecule has 8 nitrogen and oxygen atoms in total. The molecule has 9 heteroatoms. The van der Waals surface area contributed by atoms with Crippen LogP contribution < -0.4 is 5.32 Å². The Morgan fingerprint density at radius 2 is 1.93 bits per heavy atom. The molecule has 1 fully saturated rings. The highest BCUT2D eigenvalue weighted by molar-refractivity contribution is 6.30. The number of ketones is 1. The summed E-state index contributed by atoms with van der Waals surface area (Å²) in [5.41, 5.74) is 5.57. The lowest BCUT2D eigenvalue weighted by Gasteiger charge is -2.36. The van der Waals surface area contributed by atoms with E-state index in [9.17, 15) is 9.59 Å². The third kappa shape index (κ3) is 5.46. The van der Waals surface area contributed by atoms with Crippen LogP contribution >= 0.6 is 11.6 Å². The molecule has 2 aliphatic rings. The molecule has 1 unspecified atom stereocenters. The Balaban J connectivity index is 1.25. The number of halogens is 1. The van der Waals surface area contributed by atoms with Crippen molar-refractivity contribution >= 4 is 29.4 Å². The van der Waals surface area contributed by atoms with E-state index in [0.717, 1.165) is 29.7 Å². The van der Waals surface area contributed by atoms with Gasteiger partial charge in [-0.2, -0.15) is 4.68 Å². The van der Waals surface area contributed by atoms with Crippen molar-refractivity contribution in [2.75, 3.05) is 13.1 Å². The summed E-state index contributed by atoms with van der Waals surface area (Å²) < 4.78 is 1.51. The van der Waals surface area contributed by atoms with Gasteiger partial charge in [-0.3, -0.25) is 9.59 Å². The molecule has 6 rings (SSSR count). The maximum atomic E-state index is 13.8. The second-order valence-corrected chi connectivity index (χ2v) is 10.6. The first kappa shape index (κ1) is 26.1. The van der Waals surface area contributed by atoms with Gasteiger partial charge >= 0.3 is 0 Å². The van der Waals surface area contributed by atoms with E-state index in [0.29, 0.717) is 35.3 Å².